The second-order valence-corrected chi connectivity index (χ2v) is 8.47. The van der Waals surface area contributed by atoms with Crippen LogP contribution in [0, 0.1) is 0 Å². The Morgan fingerprint density at radius 3 is 2.50 bits per heavy atom. The van der Waals surface area contributed by atoms with Crippen LogP contribution in [0.25, 0.3) is 0 Å². The van der Waals surface area contributed by atoms with Crippen molar-refractivity contribution in [3.63, 3.8) is 0 Å². The van der Waals surface area contributed by atoms with Crippen molar-refractivity contribution in [2.24, 2.45) is 0 Å². The molecular weight excluding hydrogens is 445 g/mol. The van der Waals surface area contributed by atoms with Gasteiger partial charge in [-0.25, -0.2) is 8.42 Å². The van der Waals surface area contributed by atoms with Crippen molar-refractivity contribution in [1.29, 1.82) is 0 Å². The van der Waals surface area contributed by atoms with E-state index in [2.05, 4.69) is 10.1 Å². The van der Waals surface area contributed by atoms with Crippen LogP contribution >= 0.6 is 23.4 Å². The maximum absolute atomic E-state index is 12.9. The highest BCUT2D eigenvalue weighted by Crippen LogP contribution is 2.33. The number of sulfonamides is 1. The van der Waals surface area contributed by atoms with Crippen molar-refractivity contribution in [1.82, 2.24) is 10.0 Å². The van der Waals surface area contributed by atoms with Gasteiger partial charge in [-0.2, -0.15) is 29.7 Å². The van der Waals surface area contributed by atoms with Gasteiger partial charge in [-0.3, -0.25) is 9.59 Å². The molecule has 0 radical (unpaired) electrons. The molecule has 1 unspecified atom stereocenters. The minimum Gasteiger partial charge on any atom is -0.468 e. The number of carbonyl (C=O) groups excluding carboxylic acids is 2. The van der Waals surface area contributed by atoms with Crippen LogP contribution in [0.2, 0.25) is 5.02 Å². The first-order valence-corrected chi connectivity index (χ1v) is 10.9. The van der Waals surface area contributed by atoms with E-state index >= 15 is 0 Å². The molecule has 0 aliphatic heterocycles. The molecular formula is C15H18ClF3N2O5S2. The van der Waals surface area contributed by atoms with Gasteiger partial charge in [0.05, 0.1) is 17.7 Å². The molecule has 0 spiro atoms. The minimum absolute atomic E-state index is 0.0317. The Morgan fingerprint density at radius 2 is 1.96 bits per heavy atom. The SMILES string of the molecule is COC(=O)CNC(=O)C(CCSC)NS(=O)(=O)c1cc(C(F)(F)F)ccc1Cl. The Hall–Kier alpha value is -1.50. The summed E-state index contributed by atoms with van der Waals surface area (Å²) in [7, 11) is -3.45. The predicted octanol–water partition coefficient (Wildman–Crippen LogP) is 2.05. The first-order chi connectivity index (χ1) is 12.9. The topological polar surface area (TPSA) is 102 Å². The van der Waals surface area contributed by atoms with Crippen molar-refractivity contribution in [2.45, 2.75) is 23.5 Å². The van der Waals surface area contributed by atoms with E-state index in [-0.39, 0.29) is 6.42 Å². The summed E-state index contributed by atoms with van der Waals surface area (Å²) in [5, 5.41) is 1.77. The lowest BCUT2D eigenvalue weighted by Gasteiger charge is -2.19. The van der Waals surface area contributed by atoms with Crippen molar-refractivity contribution < 1.29 is 35.9 Å². The number of halogens is 4. The number of carbonyl (C=O) groups is 2. The molecule has 1 aromatic carbocycles. The number of ether oxygens (including phenoxy) is 1. The van der Waals surface area contributed by atoms with Gasteiger partial charge in [-0.1, -0.05) is 11.6 Å². The largest absolute Gasteiger partial charge is 0.468 e. The van der Waals surface area contributed by atoms with Gasteiger partial charge in [0.2, 0.25) is 15.9 Å². The number of hydrogen-bond donors (Lipinski definition) is 2. The van der Waals surface area contributed by atoms with Crippen molar-refractivity contribution >= 4 is 45.3 Å². The maximum Gasteiger partial charge on any atom is 0.416 e. The van der Waals surface area contributed by atoms with E-state index in [1.54, 1.807) is 6.26 Å². The molecule has 0 aromatic heterocycles. The number of esters is 1. The molecule has 0 bridgehead atoms. The molecule has 0 saturated carbocycles. The number of rotatable bonds is 9. The van der Waals surface area contributed by atoms with Gasteiger partial charge < -0.3 is 10.1 Å². The summed E-state index contributed by atoms with van der Waals surface area (Å²) < 4.78 is 70.2. The Bertz CT molecular complexity index is 818. The second-order valence-electron chi connectivity index (χ2n) is 5.39. The second kappa shape index (κ2) is 10.3. The average Bonchev–Trinajstić information content (AvgIpc) is 2.61. The predicted molar refractivity (Wildman–Crippen MR) is 98.6 cm³/mol. The summed E-state index contributed by atoms with van der Waals surface area (Å²) in [6.45, 7) is -0.489. The number of hydrogen-bond acceptors (Lipinski definition) is 6. The maximum atomic E-state index is 12.9. The zero-order valence-corrected chi connectivity index (χ0v) is 17.2. The molecule has 0 aliphatic rings. The third kappa shape index (κ3) is 7.15. The first kappa shape index (κ1) is 24.5. The fourth-order valence-electron chi connectivity index (χ4n) is 1.97. The zero-order chi connectivity index (χ0) is 21.5. The lowest BCUT2D eigenvalue weighted by Crippen LogP contribution is -2.48. The number of alkyl halides is 3. The van der Waals surface area contributed by atoms with E-state index < -0.39 is 56.1 Å². The standard InChI is InChI=1S/C15H18ClF3N2O5S2/c1-26-13(22)8-20-14(23)11(5-6-27-2)21-28(24,25)12-7-9(15(17,18)19)3-4-10(12)16/h3-4,7,11,21H,5-6,8H2,1-2H3,(H,20,23). The molecule has 28 heavy (non-hydrogen) atoms. The molecule has 0 saturated heterocycles. The van der Waals surface area contributed by atoms with Crippen LogP contribution in [-0.4, -0.2) is 52.0 Å². The van der Waals surface area contributed by atoms with Crippen LogP contribution < -0.4 is 10.0 Å². The highest BCUT2D eigenvalue weighted by atomic mass is 35.5. The molecule has 0 fully saturated rings. The van der Waals surface area contributed by atoms with Gasteiger partial charge in [0, 0.05) is 0 Å². The number of benzene rings is 1. The third-order valence-electron chi connectivity index (χ3n) is 3.41. The smallest absolute Gasteiger partial charge is 0.416 e. The minimum atomic E-state index is -4.77. The molecule has 0 aliphatic carbocycles. The van der Waals surface area contributed by atoms with Crippen LogP contribution in [0.15, 0.2) is 23.1 Å². The van der Waals surface area contributed by atoms with E-state index in [1.165, 1.54) is 11.8 Å². The number of thioether (sulfide) groups is 1. The molecule has 1 rings (SSSR count). The quantitative estimate of drug-likeness (QED) is 0.545. The highest BCUT2D eigenvalue weighted by molar-refractivity contribution is 7.98. The van der Waals surface area contributed by atoms with Crippen LogP contribution in [0.1, 0.15) is 12.0 Å². The molecule has 2 N–H and O–H groups in total. The van der Waals surface area contributed by atoms with E-state index in [0.717, 1.165) is 13.2 Å². The molecule has 7 nitrogen and oxygen atoms in total. The Morgan fingerprint density at radius 1 is 1.32 bits per heavy atom. The fourth-order valence-corrected chi connectivity index (χ4v) is 4.20. The fraction of sp³-hybridized carbons (Fsp3) is 0.467. The first-order valence-electron chi connectivity index (χ1n) is 7.65. The lowest BCUT2D eigenvalue weighted by atomic mass is 10.2. The van der Waals surface area contributed by atoms with E-state index in [0.29, 0.717) is 17.9 Å². The van der Waals surface area contributed by atoms with Crippen molar-refractivity contribution in [3.8, 4) is 0 Å². The number of amides is 1. The molecule has 13 heteroatoms. The highest BCUT2D eigenvalue weighted by Gasteiger charge is 2.34. The Balaban J connectivity index is 3.12. The van der Waals surface area contributed by atoms with Crippen molar-refractivity contribution in [2.75, 3.05) is 25.7 Å². The summed E-state index contributed by atoms with van der Waals surface area (Å²) in [5.74, 6) is -1.21. The summed E-state index contributed by atoms with van der Waals surface area (Å²) in [6, 6.07) is 0.526. The van der Waals surface area contributed by atoms with Crippen molar-refractivity contribution in [3.05, 3.63) is 28.8 Å². The van der Waals surface area contributed by atoms with E-state index in [9.17, 15) is 31.2 Å². The van der Waals surface area contributed by atoms with Crippen LogP contribution in [0.4, 0.5) is 13.2 Å². The van der Waals surface area contributed by atoms with Crippen LogP contribution in [0.3, 0.4) is 0 Å². The summed E-state index contributed by atoms with van der Waals surface area (Å²) >= 11 is 7.09. The van der Waals surface area contributed by atoms with Crippen LogP contribution in [0.5, 0.6) is 0 Å². The monoisotopic (exact) mass is 462 g/mol. The average molecular weight is 463 g/mol. The summed E-state index contributed by atoms with van der Waals surface area (Å²) in [6.07, 6.45) is -3.02. The zero-order valence-electron chi connectivity index (χ0n) is 14.8. The van der Waals surface area contributed by atoms with Gasteiger partial charge in [-0.05, 0) is 36.6 Å². The van der Waals surface area contributed by atoms with Gasteiger partial charge in [0.25, 0.3) is 0 Å². The summed E-state index contributed by atoms with van der Waals surface area (Å²) in [5.41, 5.74) is -1.20. The Labute approximate surface area is 169 Å². The number of nitrogens with one attached hydrogen (secondary N) is 2. The van der Waals surface area contributed by atoms with E-state index in [4.69, 9.17) is 11.6 Å². The molecule has 1 aromatic rings. The molecule has 1 amide bonds. The summed E-state index contributed by atoms with van der Waals surface area (Å²) in [4.78, 5) is 22.5. The van der Waals surface area contributed by atoms with E-state index in [1.807, 2.05) is 4.72 Å². The normalized spacial score (nSPS) is 13.1. The lowest BCUT2D eigenvalue weighted by molar-refractivity contribution is -0.141. The molecule has 0 heterocycles. The Kier molecular flexibility index (Phi) is 9.05. The van der Waals surface area contributed by atoms with Gasteiger partial charge in [0.1, 0.15) is 17.5 Å². The van der Waals surface area contributed by atoms with Gasteiger partial charge >= 0.3 is 12.1 Å². The third-order valence-corrected chi connectivity index (χ3v) is 6.00. The van der Waals surface area contributed by atoms with Gasteiger partial charge in [0.15, 0.2) is 0 Å². The van der Waals surface area contributed by atoms with Crippen LogP contribution in [-0.2, 0) is 30.5 Å². The number of methoxy groups -OCH3 is 1. The molecule has 158 valence electrons. The molecule has 1 atom stereocenters. The van der Waals surface area contributed by atoms with Gasteiger partial charge in [-0.15, -0.1) is 0 Å².